The molecule has 212 valence electrons. The van der Waals surface area contributed by atoms with Crippen LogP contribution < -0.4 is 10.1 Å². The summed E-state index contributed by atoms with van der Waals surface area (Å²) in [6.07, 6.45) is 8.21. The Hall–Kier alpha value is -2.55. The summed E-state index contributed by atoms with van der Waals surface area (Å²) in [5.41, 5.74) is 1.40. The van der Waals surface area contributed by atoms with Gasteiger partial charge in [0.15, 0.2) is 0 Å². The summed E-state index contributed by atoms with van der Waals surface area (Å²) in [5, 5.41) is 11.6. The van der Waals surface area contributed by atoms with Gasteiger partial charge in [0.1, 0.15) is 18.4 Å². The molecule has 0 unspecified atom stereocenters. The predicted octanol–water partition coefficient (Wildman–Crippen LogP) is 7.48. The van der Waals surface area contributed by atoms with Crippen LogP contribution in [0.3, 0.4) is 0 Å². The molecule has 37 heavy (non-hydrogen) atoms. The van der Waals surface area contributed by atoms with Crippen LogP contribution in [0.25, 0.3) is 0 Å². The van der Waals surface area contributed by atoms with Crippen molar-refractivity contribution in [2.75, 3.05) is 38.0 Å². The average molecular weight is 529 g/mol. The molecule has 1 aromatic carbocycles. The molecule has 6 nitrogen and oxygen atoms in total. The number of nitrogens with one attached hydrogen (secondary N) is 2. The van der Waals surface area contributed by atoms with Gasteiger partial charge in [-0.05, 0) is 89.0 Å². The van der Waals surface area contributed by atoms with Crippen LogP contribution >= 0.6 is 0 Å². The molecule has 0 aliphatic carbocycles. The number of amidine groups is 1. The number of hydrogen-bond donors (Lipinski definition) is 2. The second-order valence-electron chi connectivity index (χ2n) is 9.07. The van der Waals surface area contributed by atoms with E-state index in [2.05, 4.69) is 26.8 Å². The van der Waals surface area contributed by atoms with E-state index in [1.54, 1.807) is 6.08 Å². The quantitative estimate of drug-likeness (QED) is 0.158. The Morgan fingerprint density at radius 3 is 2.22 bits per heavy atom. The number of halogens is 3. The molecule has 0 saturated carbocycles. The highest BCUT2D eigenvalue weighted by Gasteiger charge is 2.30. The van der Waals surface area contributed by atoms with E-state index in [4.69, 9.17) is 10.2 Å². The van der Waals surface area contributed by atoms with E-state index < -0.39 is 6.36 Å². The molecule has 1 fully saturated rings. The van der Waals surface area contributed by atoms with Gasteiger partial charge in [0.05, 0.1) is 0 Å². The van der Waals surface area contributed by atoms with E-state index in [1.165, 1.54) is 88.8 Å². The topological polar surface area (TPSA) is 68.7 Å². The summed E-state index contributed by atoms with van der Waals surface area (Å²) >= 11 is 0. The number of ether oxygens (including phenoxy) is 1. The minimum atomic E-state index is -4.70. The third-order valence-electron chi connectivity index (χ3n) is 5.97. The molecule has 0 spiro atoms. The summed E-state index contributed by atoms with van der Waals surface area (Å²) in [5.74, 6) is 0.196. The number of carbonyl (C=O) groups is 1. The van der Waals surface area contributed by atoms with Gasteiger partial charge in [-0.25, -0.2) is 0 Å². The Labute approximate surface area is 221 Å². The fourth-order valence-corrected chi connectivity index (χ4v) is 4.27. The number of carbonyl (C=O) groups excluding carboxylic acids is 1. The smallest absolute Gasteiger partial charge is 0.406 e. The summed E-state index contributed by atoms with van der Waals surface area (Å²) in [7, 11) is 0. The van der Waals surface area contributed by atoms with Crippen molar-refractivity contribution in [1.29, 1.82) is 5.41 Å². The maximum Gasteiger partial charge on any atom is 0.573 e. The highest BCUT2D eigenvalue weighted by Crippen LogP contribution is 2.24. The number of anilines is 1. The highest BCUT2D eigenvalue weighted by atomic mass is 19.4. The molecule has 1 aliphatic rings. The zero-order valence-electron chi connectivity index (χ0n) is 21.8. The normalized spacial score (nSPS) is 14.5. The molecule has 2 N–H and O–H groups in total. The van der Waals surface area contributed by atoms with Crippen molar-refractivity contribution in [3.05, 3.63) is 36.0 Å². The number of benzene rings is 1. The van der Waals surface area contributed by atoms with E-state index in [0.29, 0.717) is 11.5 Å². The first-order chi connectivity index (χ1) is 17.3. The zero-order chi connectivity index (χ0) is 26.8. The molecule has 0 aromatic heterocycles. The fourth-order valence-electron chi connectivity index (χ4n) is 4.27. The van der Waals surface area contributed by atoms with Crippen molar-refractivity contribution in [2.45, 2.75) is 85.4 Å². The van der Waals surface area contributed by atoms with Crippen molar-refractivity contribution < 1.29 is 22.7 Å². The summed E-state index contributed by atoms with van der Waals surface area (Å²) in [6, 6.07) is 5.59. The van der Waals surface area contributed by atoms with E-state index in [0.717, 1.165) is 31.6 Å². The van der Waals surface area contributed by atoms with Gasteiger partial charge < -0.3 is 24.6 Å². The number of hydrogen-bond acceptors (Lipinski definition) is 5. The van der Waals surface area contributed by atoms with Crippen molar-refractivity contribution in [1.82, 2.24) is 9.80 Å². The van der Waals surface area contributed by atoms with Gasteiger partial charge in [0.25, 0.3) is 0 Å². The molecule has 1 heterocycles. The summed E-state index contributed by atoms with van der Waals surface area (Å²) in [6.45, 7) is 11.4. The lowest BCUT2D eigenvalue weighted by molar-refractivity contribution is -0.274. The summed E-state index contributed by atoms with van der Waals surface area (Å²) < 4.78 is 40.8. The first kappa shape index (κ1) is 34.5. The predicted molar refractivity (Wildman–Crippen MR) is 147 cm³/mol. The van der Waals surface area contributed by atoms with E-state index in [9.17, 15) is 13.2 Å². The molecule has 2 rings (SSSR count). The number of nitrogens with zero attached hydrogens (tertiary/aromatic N) is 2. The van der Waals surface area contributed by atoms with Gasteiger partial charge in [-0.3, -0.25) is 5.41 Å². The van der Waals surface area contributed by atoms with E-state index >= 15 is 0 Å². The maximum absolute atomic E-state index is 12.3. The standard InChI is InChI=1S/C26H41F3N4O.CH2O.CH4/c1-3-16-33(20-11-7-6-10-19-32-17-8-4-5-9-18-32)25(30)21-22(2)31-23-12-14-24(15-13-23)34-26(27,28)29;1-2;/h12-15,21,30-31H,3-11,16-20H2,1-2H3;1H2;1H4/b22-21-,30-25?;;. The molecule has 9 heteroatoms. The van der Waals surface area contributed by atoms with Crippen molar-refractivity contribution in [2.24, 2.45) is 0 Å². The molecule has 0 atom stereocenters. The highest BCUT2D eigenvalue weighted by molar-refractivity contribution is 5.91. The molecule has 0 radical (unpaired) electrons. The monoisotopic (exact) mass is 528 g/mol. The Bertz CT molecular complexity index is 762. The minimum Gasteiger partial charge on any atom is -0.406 e. The molecule has 1 saturated heterocycles. The Balaban J connectivity index is 0.00000421. The molecule has 0 bridgehead atoms. The van der Waals surface area contributed by atoms with Crippen LogP contribution in [-0.4, -0.2) is 61.5 Å². The maximum atomic E-state index is 12.3. The first-order valence-corrected chi connectivity index (χ1v) is 12.9. The Morgan fingerprint density at radius 1 is 1.05 bits per heavy atom. The van der Waals surface area contributed by atoms with Crippen LogP contribution in [0.1, 0.15) is 79.1 Å². The number of allylic oxidation sites excluding steroid dienone is 1. The lowest BCUT2D eigenvalue weighted by atomic mass is 10.1. The first-order valence-electron chi connectivity index (χ1n) is 12.9. The minimum absolute atomic E-state index is 0. The third kappa shape index (κ3) is 16.0. The van der Waals surface area contributed by atoms with Gasteiger partial charge in [0.2, 0.25) is 0 Å². The van der Waals surface area contributed by atoms with E-state index in [1.807, 2.05) is 13.7 Å². The van der Waals surface area contributed by atoms with Gasteiger partial charge >= 0.3 is 6.36 Å². The molecular weight excluding hydrogens is 481 g/mol. The van der Waals surface area contributed by atoms with Gasteiger partial charge in [-0.2, -0.15) is 0 Å². The number of rotatable bonds is 13. The number of likely N-dealkylation sites (tertiary alicyclic amines) is 1. The van der Waals surface area contributed by atoms with Crippen LogP contribution in [-0.2, 0) is 4.79 Å². The zero-order valence-corrected chi connectivity index (χ0v) is 21.8. The molecule has 1 aromatic rings. The number of alkyl halides is 3. The van der Waals surface area contributed by atoms with Gasteiger partial charge in [-0.15, -0.1) is 13.2 Å². The molecular formula is C28H47F3N4O2. The van der Waals surface area contributed by atoms with Crippen molar-refractivity contribution in [3.63, 3.8) is 0 Å². The van der Waals surface area contributed by atoms with Gasteiger partial charge in [-0.1, -0.05) is 40.0 Å². The molecule has 0 amide bonds. The van der Waals surface area contributed by atoms with Crippen molar-refractivity contribution >= 4 is 18.3 Å². The van der Waals surface area contributed by atoms with Crippen molar-refractivity contribution in [3.8, 4) is 5.75 Å². The van der Waals surface area contributed by atoms with Crippen LogP contribution in [0.2, 0.25) is 0 Å². The molecule has 1 aliphatic heterocycles. The van der Waals surface area contributed by atoms with Crippen LogP contribution in [0, 0.1) is 5.41 Å². The SMILES string of the molecule is C.C=O.CCCN(CCCCCCN1CCCCCC1)C(=N)/C=C(/C)Nc1ccc(OC(F)(F)F)cc1. The third-order valence-corrected chi connectivity index (χ3v) is 5.97. The second kappa shape index (κ2) is 19.5. The lowest BCUT2D eigenvalue weighted by Gasteiger charge is -2.24. The largest absolute Gasteiger partial charge is 0.573 e. The van der Waals surface area contributed by atoms with Crippen LogP contribution in [0.15, 0.2) is 36.0 Å². The van der Waals surface area contributed by atoms with E-state index in [-0.39, 0.29) is 13.2 Å². The Kier molecular flexibility index (Phi) is 18.2. The Morgan fingerprint density at radius 2 is 1.65 bits per heavy atom. The lowest BCUT2D eigenvalue weighted by Crippen LogP contribution is -2.31. The van der Waals surface area contributed by atoms with Crippen LogP contribution in [0.4, 0.5) is 18.9 Å². The van der Waals surface area contributed by atoms with Gasteiger partial charge in [0, 0.05) is 24.5 Å². The average Bonchev–Trinajstić information content (AvgIpc) is 3.11. The number of unbranched alkanes of at least 4 members (excludes halogenated alkanes) is 3. The summed E-state index contributed by atoms with van der Waals surface area (Å²) in [4.78, 5) is 12.7. The fraction of sp³-hybridized carbons (Fsp3) is 0.643. The second-order valence-corrected chi connectivity index (χ2v) is 9.07. The van der Waals surface area contributed by atoms with Crippen LogP contribution in [0.5, 0.6) is 5.75 Å².